The molecule has 66 valence electrons. The molecule has 1 heterocycles. The molecular formula is C9H19NO. The molecule has 1 aliphatic rings. The van der Waals surface area contributed by atoms with Crippen LogP contribution >= 0.6 is 0 Å². The summed E-state index contributed by atoms with van der Waals surface area (Å²) in [4.78, 5) is 2.36. The van der Waals surface area contributed by atoms with Gasteiger partial charge in [-0.3, -0.25) is 4.90 Å². The summed E-state index contributed by atoms with van der Waals surface area (Å²) in [5.41, 5.74) is 0. The minimum Gasteiger partial charge on any atom is -0.392 e. The van der Waals surface area contributed by atoms with Gasteiger partial charge in [-0.05, 0) is 39.7 Å². The lowest BCUT2D eigenvalue weighted by atomic mass is 10.2. The third-order valence-electron chi connectivity index (χ3n) is 2.41. The number of aliphatic hydroxyl groups is 1. The third-order valence-corrected chi connectivity index (χ3v) is 2.41. The topological polar surface area (TPSA) is 23.5 Å². The van der Waals surface area contributed by atoms with Gasteiger partial charge in [0, 0.05) is 12.6 Å². The molecule has 0 radical (unpaired) electrons. The van der Waals surface area contributed by atoms with Gasteiger partial charge >= 0.3 is 0 Å². The number of β-amino-alcohol motifs (C(OH)–C–C–N with tert-alkyl or cyclic N) is 1. The summed E-state index contributed by atoms with van der Waals surface area (Å²) in [6.45, 7) is 6.42. The van der Waals surface area contributed by atoms with Crippen LogP contribution in [0.25, 0.3) is 0 Å². The highest BCUT2D eigenvalue weighted by Crippen LogP contribution is 2.12. The monoisotopic (exact) mass is 157 g/mol. The molecule has 0 bridgehead atoms. The fourth-order valence-electron chi connectivity index (χ4n) is 1.62. The van der Waals surface area contributed by atoms with Crippen LogP contribution in [0.2, 0.25) is 0 Å². The van der Waals surface area contributed by atoms with Gasteiger partial charge in [0.2, 0.25) is 0 Å². The van der Waals surface area contributed by atoms with Crippen molar-refractivity contribution in [2.24, 2.45) is 0 Å². The Morgan fingerprint density at radius 3 is 2.73 bits per heavy atom. The van der Waals surface area contributed by atoms with Crippen molar-refractivity contribution in [2.45, 2.75) is 45.3 Å². The molecule has 1 saturated heterocycles. The fraction of sp³-hybridized carbons (Fsp3) is 1.00. The van der Waals surface area contributed by atoms with Gasteiger partial charge in [0.15, 0.2) is 0 Å². The molecule has 0 amide bonds. The number of likely N-dealkylation sites (tertiary alicyclic amines) is 1. The van der Waals surface area contributed by atoms with Crippen LogP contribution in [0.1, 0.15) is 33.1 Å². The highest BCUT2D eigenvalue weighted by Gasteiger charge is 2.17. The van der Waals surface area contributed by atoms with E-state index in [0.717, 1.165) is 19.5 Å². The van der Waals surface area contributed by atoms with Crippen molar-refractivity contribution in [3.63, 3.8) is 0 Å². The molecule has 0 saturated carbocycles. The van der Waals surface area contributed by atoms with Gasteiger partial charge in [0.1, 0.15) is 0 Å². The van der Waals surface area contributed by atoms with E-state index in [0.29, 0.717) is 6.04 Å². The van der Waals surface area contributed by atoms with Gasteiger partial charge in [-0.2, -0.15) is 0 Å². The zero-order valence-corrected chi connectivity index (χ0v) is 7.58. The van der Waals surface area contributed by atoms with Crippen molar-refractivity contribution in [3.05, 3.63) is 0 Å². The second-order valence-electron chi connectivity index (χ2n) is 3.74. The molecular weight excluding hydrogens is 138 g/mol. The number of nitrogens with zero attached hydrogens (tertiary/aromatic N) is 1. The number of aliphatic hydroxyl groups excluding tert-OH is 1. The van der Waals surface area contributed by atoms with Crippen LogP contribution in [-0.2, 0) is 0 Å². The summed E-state index contributed by atoms with van der Waals surface area (Å²) in [5.74, 6) is 0. The van der Waals surface area contributed by atoms with Crippen LogP contribution < -0.4 is 0 Å². The van der Waals surface area contributed by atoms with Gasteiger partial charge in [-0.15, -0.1) is 0 Å². The maximum atomic E-state index is 9.47. The molecule has 2 heteroatoms. The van der Waals surface area contributed by atoms with Gasteiger partial charge in [-0.25, -0.2) is 0 Å². The summed E-state index contributed by atoms with van der Waals surface area (Å²) in [6, 6.07) is 0.586. The Morgan fingerprint density at radius 1 is 1.36 bits per heavy atom. The van der Waals surface area contributed by atoms with Gasteiger partial charge in [0.25, 0.3) is 0 Å². The zero-order valence-electron chi connectivity index (χ0n) is 7.58. The molecule has 0 aromatic rings. The second-order valence-corrected chi connectivity index (χ2v) is 3.74. The van der Waals surface area contributed by atoms with Gasteiger partial charge < -0.3 is 5.11 Å². The smallest absolute Gasteiger partial charge is 0.0667 e. The fourth-order valence-corrected chi connectivity index (χ4v) is 1.62. The quantitative estimate of drug-likeness (QED) is 0.619. The van der Waals surface area contributed by atoms with E-state index in [1.165, 1.54) is 12.8 Å². The van der Waals surface area contributed by atoms with Crippen molar-refractivity contribution in [3.8, 4) is 0 Å². The first kappa shape index (κ1) is 9.01. The first-order chi connectivity index (χ1) is 5.20. The first-order valence-electron chi connectivity index (χ1n) is 4.62. The predicted molar refractivity (Wildman–Crippen MR) is 46.6 cm³/mol. The molecule has 1 N–H and O–H groups in total. The molecule has 0 aliphatic carbocycles. The Hall–Kier alpha value is -0.0800. The normalized spacial score (nSPS) is 28.9. The van der Waals surface area contributed by atoms with Crippen molar-refractivity contribution >= 4 is 0 Å². The molecule has 1 atom stereocenters. The van der Waals surface area contributed by atoms with E-state index in [1.807, 2.05) is 0 Å². The van der Waals surface area contributed by atoms with E-state index < -0.39 is 0 Å². The van der Waals surface area contributed by atoms with Crippen LogP contribution in [0.3, 0.4) is 0 Å². The molecule has 11 heavy (non-hydrogen) atoms. The Balaban J connectivity index is 2.39. The number of hydrogen-bond acceptors (Lipinski definition) is 2. The lowest BCUT2D eigenvalue weighted by molar-refractivity contribution is 0.106. The van der Waals surface area contributed by atoms with E-state index in [-0.39, 0.29) is 6.10 Å². The van der Waals surface area contributed by atoms with Crippen molar-refractivity contribution < 1.29 is 5.11 Å². The molecule has 1 rings (SSSR count). The van der Waals surface area contributed by atoms with Crippen molar-refractivity contribution in [1.82, 2.24) is 4.90 Å². The Morgan fingerprint density at radius 2 is 2.09 bits per heavy atom. The van der Waals surface area contributed by atoms with Crippen LogP contribution in [0, 0.1) is 0 Å². The molecule has 2 nitrogen and oxygen atoms in total. The first-order valence-corrected chi connectivity index (χ1v) is 4.62. The Kier molecular flexibility index (Phi) is 3.34. The summed E-state index contributed by atoms with van der Waals surface area (Å²) >= 11 is 0. The minimum atomic E-state index is -0.0834. The summed E-state index contributed by atoms with van der Waals surface area (Å²) in [5, 5.41) is 9.47. The summed E-state index contributed by atoms with van der Waals surface area (Å²) < 4.78 is 0. The van der Waals surface area contributed by atoms with E-state index in [4.69, 9.17) is 0 Å². The average Bonchev–Trinajstić information content (AvgIpc) is 2.13. The average molecular weight is 157 g/mol. The van der Waals surface area contributed by atoms with Crippen LogP contribution in [0.5, 0.6) is 0 Å². The lowest BCUT2D eigenvalue weighted by Crippen LogP contribution is -2.36. The largest absolute Gasteiger partial charge is 0.392 e. The van der Waals surface area contributed by atoms with Gasteiger partial charge in [-0.1, -0.05) is 0 Å². The SMILES string of the molecule is CC(C)N1CCCC[C@@H](O)C1. The predicted octanol–water partition coefficient (Wildman–Crippen LogP) is 1.24. The molecule has 0 aromatic carbocycles. The van der Waals surface area contributed by atoms with E-state index in [2.05, 4.69) is 18.7 Å². The van der Waals surface area contributed by atoms with Crippen molar-refractivity contribution in [1.29, 1.82) is 0 Å². The van der Waals surface area contributed by atoms with Crippen LogP contribution in [0.15, 0.2) is 0 Å². The zero-order chi connectivity index (χ0) is 8.27. The van der Waals surface area contributed by atoms with E-state index in [9.17, 15) is 5.11 Å². The standard InChI is InChI=1S/C9H19NO/c1-8(2)10-6-4-3-5-9(11)7-10/h8-9,11H,3-7H2,1-2H3/t9-/m1/s1. The molecule has 0 aromatic heterocycles. The van der Waals surface area contributed by atoms with Crippen LogP contribution in [-0.4, -0.2) is 35.2 Å². The maximum Gasteiger partial charge on any atom is 0.0667 e. The van der Waals surface area contributed by atoms with E-state index >= 15 is 0 Å². The van der Waals surface area contributed by atoms with Crippen LogP contribution in [0.4, 0.5) is 0 Å². The Labute approximate surface area is 69.2 Å². The summed E-state index contributed by atoms with van der Waals surface area (Å²) in [7, 11) is 0. The minimum absolute atomic E-state index is 0.0834. The third kappa shape index (κ3) is 2.80. The Bertz CT molecular complexity index is 114. The molecule has 0 unspecified atom stereocenters. The maximum absolute atomic E-state index is 9.47. The van der Waals surface area contributed by atoms with Gasteiger partial charge in [0.05, 0.1) is 6.10 Å². The molecule has 1 aliphatic heterocycles. The second kappa shape index (κ2) is 4.07. The lowest BCUT2D eigenvalue weighted by Gasteiger charge is -2.25. The highest BCUT2D eigenvalue weighted by molar-refractivity contribution is 4.72. The summed E-state index contributed by atoms with van der Waals surface area (Å²) in [6.07, 6.45) is 3.34. The number of hydrogen-bond donors (Lipinski definition) is 1. The number of rotatable bonds is 1. The van der Waals surface area contributed by atoms with Crippen molar-refractivity contribution in [2.75, 3.05) is 13.1 Å². The van der Waals surface area contributed by atoms with E-state index in [1.54, 1.807) is 0 Å². The molecule has 0 spiro atoms. The molecule has 1 fully saturated rings. The highest BCUT2D eigenvalue weighted by atomic mass is 16.3.